The number of rotatable bonds is 4. The van der Waals surface area contributed by atoms with Gasteiger partial charge < -0.3 is 10.6 Å². The summed E-state index contributed by atoms with van der Waals surface area (Å²) in [4.78, 5) is 1.79. The Bertz CT molecular complexity index is 691. The molecule has 2 rings (SSSR count). The topological polar surface area (TPSA) is 29.3 Å². The first-order valence-corrected chi connectivity index (χ1v) is 7.46. The van der Waals surface area contributed by atoms with E-state index in [2.05, 4.69) is 15.9 Å². The second-order valence-corrected chi connectivity index (χ2v) is 5.58. The van der Waals surface area contributed by atoms with E-state index in [-0.39, 0.29) is 15.3 Å². The van der Waals surface area contributed by atoms with Crippen molar-refractivity contribution in [2.24, 2.45) is 5.73 Å². The van der Waals surface area contributed by atoms with Gasteiger partial charge in [0.25, 0.3) is 0 Å². The Morgan fingerprint density at radius 1 is 1.29 bits per heavy atom. The third-order valence-electron chi connectivity index (χ3n) is 3.05. The zero-order chi connectivity index (χ0) is 15.6. The van der Waals surface area contributed by atoms with Crippen molar-refractivity contribution in [2.75, 3.05) is 11.4 Å². The average Bonchev–Trinajstić information content (AvgIpc) is 2.44. The third-order valence-corrected chi connectivity index (χ3v) is 4.05. The molecule has 2 aromatic carbocycles. The number of hydrogen-bond acceptors (Lipinski definition) is 2. The molecule has 6 heteroatoms. The van der Waals surface area contributed by atoms with Crippen molar-refractivity contribution >= 4 is 44.5 Å². The van der Waals surface area contributed by atoms with E-state index in [1.54, 1.807) is 29.2 Å². The smallest absolute Gasteiger partial charge is 0.161 e. The van der Waals surface area contributed by atoms with Gasteiger partial charge in [0.1, 0.15) is 10.8 Å². The van der Waals surface area contributed by atoms with Crippen LogP contribution in [0.15, 0.2) is 40.9 Å². The van der Waals surface area contributed by atoms with Crippen LogP contribution >= 0.6 is 28.1 Å². The fraction of sp³-hybridized carbons (Fsp3) is 0.133. The minimum Gasteiger partial charge on any atom is -0.389 e. The largest absolute Gasteiger partial charge is 0.389 e. The molecular weight excluding hydrogens is 358 g/mol. The van der Waals surface area contributed by atoms with Gasteiger partial charge in [0, 0.05) is 17.8 Å². The van der Waals surface area contributed by atoms with Crippen molar-refractivity contribution in [3.63, 3.8) is 0 Å². The minimum atomic E-state index is -0.480. The monoisotopic (exact) mass is 370 g/mol. The maximum absolute atomic E-state index is 14.5. The Morgan fingerprint density at radius 3 is 2.57 bits per heavy atom. The molecule has 0 amide bonds. The lowest BCUT2D eigenvalue weighted by Gasteiger charge is -2.24. The van der Waals surface area contributed by atoms with Crippen molar-refractivity contribution in [1.29, 1.82) is 0 Å². The zero-order valence-corrected chi connectivity index (χ0v) is 13.6. The second kappa shape index (κ2) is 6.49. The number of thiocarbonyl (C=S) groups is 1. The lowest BCUT2D eigenvalue weighted by molar-refractivity contribution is 0.616. The molecule has 0 bridgehead atoms. The molecule has 2 N–H and O–H groups in total. The van der Waals surface area contributed by atoms with Crippen molar-refractivity contribution in [2.45, 2.75) is 6.92 Å². The first-order chi connectivity index (χ1) is 9.95. The molecule has 2 nitrogen and oxygen atoms in total. The molecule has 0 saturated carbocycles. The molecule has 0 atom stereocenters. The molecule has 110 valence electrons. The van der Waals surface area contributed by atoms with Gasteiger partial charge in [0.05, 0.1) is 10.2 Å². The predicted molar refractivity (Wildman–Crippen MR) is 89.1 cm³/mol. The molecule has 0 aliphatic rings. The number of benzene rings is 2. The van der Waals surface area contributed by atoms with Crippen LogP contribution in [0.25, 0.3) is 0 Å². The summed E-state index contributed by atoms with van der Waals surface area (Å²) >= 11 is 8.05. The molecule has 0 spiro atoms. The van der Waals surface area contributed by atoms with Gasteiger partial charge in [-0.15, -0.1) is 0 Å². The lowest BCUT2D eigenvalue weighted by atomic mass is 10.1. The van der Waals surface area contributed by atoms with Gasteiger partial charge >= 0.3 is 0 Å². The van der Waals surface area contributed by atoms with Crippen LogP contribution in [-0.4, -0.2) is 11.5 Å². The highest BCUT2D eigenvalue weighted by Gasteiger charge is 2.18. The Kier molecular flexibility index (Phi) is 4.90. The van der Waals surface area contributed by atoms with Crippen LogP contribution in [0, 0.1) is 11.6 Å². The Labute approximate surface area is 135 Å². The van der Waals surface area contributed by atoms with Crippen LogP contribution in [0.4, 0.5) is 20.2 Å². The molecule has 0 heterocycles. The summed E-state index contributed by atoms with van der Waals surface area (Å²) in [5.74, 6) is -0.850. The van der Waals surface area contributed by atoms with Crippen LogP contribution in [0.1, 0.15) is 12.5 Å². The van der Waals surface area contributed by atoms with Crippen LogP contribution in [0.3, 0.4) is 0 Å². The molecule has 0 radical (unpaired) electrons. The number of nitrogens with zero attached hydrogens (tertiary/aromatic N) is 1. The summed E-state index contributed by atoms with van der Waals surface area (Å²) in [6.07, 6.45) is 0. The van der Waals surface area contributed by atoms with Crippen LogP contribution < -0.4 is 10.6 Å². The van der Waals surface area contributed by atoms with E-state index in [1.807, 2.05) is 6.92 Å². The Hall–Kier alpha value is -1.53. The molecule has 0 aromatic heterocycles. The number of anilines is 2. The summed E-state index contributed by atoms with van der Waals surface area (Å²) in [7, 11) is 0. The molecule has 0 aliphatic heterocycles. The van der Waals surface area contributed by atoms with Crippen molar-refractivity contribution in [3.05, 3.63) is 58.1 Å². The van der Waals surface area contributed by atoms with E-state index in [0.29, 0.717) is 23.5 Å². The molecule has 0 fully saturated rings. The van der Waals surface area contributed by atoms with E-state index in [9.17, 15) is 8.78 Å². The third kappa shape index (κ3) is 3.22. The summed E-state index contributed by atoms with van der Waals surface area (Å²) < 4.78 is 28.1. The van der Waals surface area contributed by atoms with E-state index in [4.69, 9.17) is 18.0 Å². The number of hydrogen-bond donors (Lipinski definition) is 1. The van der Waals surface area contributed by atoms with E-state index in [0.717, 1.165) is 0 Å². The summed E-state index contributed by atoms with van der Waals surface area (Å²) in [6.45, 7) is 2.35. The van der Waals surface area contributed by atoms with Crippen LogP contribution in [0.5, 0.6) is 0 Å². The molecule has 21 heavy (non-hydrogen) atoms. The number of nitrogens with two attached hydrogens (primary N) is 1. The fourth-order valence-corrected chi connectivity index (χ4v) is 2.92. The summed E-state index contributed by atoms with van der Waals surface area (Å²) in [5.41, 5.74) is 6.88. The van der Waals surface area contributed by atoms with Crippen LogP contribution in [-0.2, 0) is 0 Å². The summed E-state index contributed by atoms with van der Waals surface area (Å²) in [5, 5.41) is 0. The zero-order valence-electron chi connectivity index (χ0n) is 11.2. The molecule has 0 unspecified atom stereocenters. The lowest BCUT2D eigenvalue weighted by Crippen LogP contribution is -2.19. The molecule has 0 aliphatic carbocycles. The van der Waals surface area contributed by atoms with Crippen LogP contribution in [0.2, 0.25) is 0 Å². The van der Waals surface area contributed by atoms with E-state index >= 15 is 0 Å². The quantitative estimate of drug-likeness (QED) is 0.802. The number of halogens is 3. The van der Waals surface area contributed by atoms with Crippen molar-refractivity contribution in [1.82, 2.24) is 0 Å². The van der Waals surface area contributed by atoms with Crippen molar-refractivity contribution in [3.8, 4) is 0 Å². The molecular formula is C15H13BrF2N2S. The second-order valence-electron chi connectivity index (χ2n) is 4.35. The van der Waals surface area contributed by atoms with Gasteiger partial charge in [-0.2, -0.15) is 0 Å². The van der Waals surface area contributed by atoms with Gasteiger partial charge in [0.15, 0.2) is 5.82 Å². The standard InChI is InChI=1S/C15H13BrF2N2S/c1-2-20(10-5-3-4-9(17)8-10)12-7-6-11(15(19)21)13(16)14(12)18/h3-8H,2H2,1H3,(H2,19,21). The normalized spacial score (nSPS) is 10.5. The highest BCUT2D eigenvalue weighted by Crippen LogP contribution is 2.33. The Morgan fingerprint density at radius 2 is 2.00 bits per heavy atom. The first-order valence-electron chi connectivity index (χ1n) is 6.26. The minimum absolute atomic E-state index is 0.112. The predicted octanol–water partition coefficient (Wildman–Crippen LogP) is 4.52. The maximum atomic E-state index is 14.5. The van der Waals surface area contributed by atoms with Gasteiger partial charge in [-0.05, 0) is 53.2 Å². The van der Waals surface area contributed by atoms with Gasteiger partial charge in [-0.1, -0.05) is 18.3 Å². The molecule has 2 aromatic rings. The van der Waals surface area contributed by atoms with E-state index in [1.165, 1.54) is 12.1 Å². The van der Waals surface area contributed by atoms with Gasteiger partial charge in [-0.3, -0.25) is 0 Å². The molecule has 0 saturated heterocycles. The highest BCUT2D eigenvalue weighted by atomic mass is 79.9. The fourth-order valence-electron chi connectivity index (χ4n) is 2.07. The van der Waals surface area contributed by atoms with Gasteiger partial charge in [-0.25, -0.2) is 8.78 Å². The first kappa shape index (κ1) is 15.9. The highest BCUT2D eigenvalue weighted by molar-refractivity contribution is 9.10. The summed E-state index contributed by atoms with van der Waals surface area (Å²) in [6, 6.07) is 9.25. The average molecular weight is 371 g/mol. The van der Waals surface area contributed by atoms with Gasteiger partial charge in [0.2, 0.25) is 0 Å². The van der Waals surface area contributed by atoms with Crippen molar-refractivity contribution < 1.29 is 8.78 Å². The SMILES string of the molecule is CCN(c1cccc(F)c1)c1ccc(C(N)=S)c(Br)c1F. The van der Waals surface area contributed by atoms with E-state index < -0.39 is 5.82 Å². The maximum Gasteiger partial charge on any atom is 0.161 e. The Balaban J connectivity index is 2.53.